The number of anilines is 1. The summed E-state index contributed by atoms with van der Waals surface area (Å²) in [6.07, 6.45) is 5.34. The molecule has 2 atom stereocenters. The third-order valence-electron chi connectivity index (χ3n) is 4.37. The second kappa shape index (κ2) is 6.78. The summed E-state index contributed by atoms with van der Waals surface area (Å²) < 4.78 is 0. The maximum absolute atomic E-state index is 12.2. The normalized spacial score (nSPS) is 22.8. The number of benzene rings is 1. The van der Waals surface area contributed by atoms with Crippen molar-refractivity contribution in [2.24, 2.45) is 11.8 Å². The number of amides is 1. The van der Waals surface area contributed by atoms with E-state index in [-0.39, 0.29) is 5.91 Å². The zero-order chi connectivity index (χ0) is 14.5. The van der Waals surface area contributed by atoms with E-state index in [9.17, 15) is 4.79 Å². The van der Waals surface area contributed by atoms with Crippen LogP contribution < -0.4 is 11.1 Å². The lowest BCUT2D eigenvalue weighted by Gasteiger charge is -2.35. The second-order valence-electron chi connectivity index (χ2n) is 6.28. The van der Waals surface area contributed by atoms with E-state index in [0.29, 0.717) is 24.3 Å². The minimum absolute atomic E-state index is 0.132. The van der Waals surface area contributed by atoms with Crippen LogP contribution in [-0.2, 0) is 11.2 Å². The molecule has 1 fully saturated rings. The monoisotopic (exact) mass is 274 g/mol. The average molecular weight is 274 g/mol. The Morgan fingerprint density at radius 3 is 2.55 bits per heavy atom. The van der Waals surface area contributed by atoms with Gasteiger partial charge in [0.1, 0.15) is 0 Å². The van der Waals surface area contributed by atoms with Gasteiger partial charge < -0.3 is 11.1 Å². The van der Waals surface area contributed by atoms with Gasteiger partial charge in [-0.3, -0.25) is 4.79 Å². The molecular weight excluding hydrogens is 248 g/mol. The molecule has 1 aliphatic carbocycles. The number of nitrogens with one attached hydrogen (secondary N) is 1. The first-order chi connectivity index (χ1) is 9.56. The van der Waals surface area contributed by atoms with Crippen LogP contribution in [0, 0.1) is 11.8 Å². The first-order valence-electron chi connectivity index (χ1n) is 7.70. The summed E-state index contributed by atoms with van der Waals surface area (Å²) in [6, 6.07) is 7.90. The van der Waals surface area contributed by atoms with Crippen LogP contribution in [0.2, 0.25) is 0 Å². The summed E-state index contributed by atoms with van der Waals surface area (Å²) in [6.45, 7) is 4.52. The van der Waals surface area contributed by atoms with Crippen LogP contribution in [0.5, 0.6) is 0 Å². The Labute approximate surface area is 121 Å². The quantitative estimate of drug-likeness (QED) is 0.829. The topological polar surface area (TPSA) is 55.1 Å². The van der Waals surface area contributed by atoms with Crippen LogP contribution >= 0.6 is 0 Å². The number of nitrogen functional groups attached to an aromatic ring is 1. The van der Waals surface area contributed by atoms with Crippen LogP contribution in [0.1, 0.15) is 45.1 Å². The molecule has 0 spiro atoms. The van der Waals surface area contributed by atoms with Crippen molar-refractivity contribution in [2.45, 2.75) is 52.0 Å². The molecule has 3 heteroatoms. The minimum Gasteiger partial charge on any atom is -0.399 e. The first-order valence-corrected chi connectivity index (χ1v) is 7.70. The largest absolute Gasteiger partial charge is 0.399 e. The van der Waals surface area contributed by atoms with Crippen LogP contribution in [0.3, 0.4) is 0 Å². The summed E-state index contributed by atoms with van der Waals surface area (Å²) in [7, 11) is 0. The minimum atomic E-state index is 0.132. The van der Waals surface area contributed by atoms with Crippen LogP contribution in [0.15, 0.2) is 24.3 Å². The Hall–Kier alpha value is -1.51. The Bertz CT molecular complexity index is 439. The molecule has 1 amide bonds. The van der Waals surface area contributed by atoms with Gasteiger partial charge >= 0.3 is 0 Å². The standard InChI is InChI=1S/C17H26N2O/c1-12(2)15-5-3-4-6-16(15)19-17(20)11-13-7-9-14(18)10-8-13/h7-10,12,15-16H,3-6,11,18H2,1-2H3,(H,19,20). The average Bonchev–Trinajstić information content (AvgIpc) is 2.41. The molecule has 0 saturated heterocycles. The van der Waals surface area contributed by atoms with Crippen molar-refractivity contribution in [3.63, 3.8) is 0 Å². The molecule has 3 N–H and O–H groups in total. The smallest absolute Gasteiger partial charge is 0.224 e. The fourth-order valence-corrected chi connectivity index (χ4v) is 3.22. The highest BCUT2D eigenvalue weighted by atomic mass is 16.1. The molecule has 0 aromatic heterocycles. The van der Waals surface area contributed by atoms with Gasteiger partial charge in [-0.15, -0.1) is 0 Å². The number of carbonyl (C=O) groups is 1. The lowest BCUT2D eigenvalue weighted by Crippen LogP contribution is -2.44. The lowest BCUT2D eigenvalue weighted by molar-refractivity contribution is -0.121. The summed E-state index contributed by atoms with van der Waals surface area (Å²) in [4.78, 5) is 12.2. The van der Waals surface area contributed by atoms with Gasteiger partial charge in [-0.25, -0.2) is 0 Å². The van der Waals surface area contributed by atoms with Crippen LogP contribution in [0.4, 0.5) is 5.69 Å². The summed E-state index contributed by atoms with van der Waals surface area (Å²) in [5.41, 5.74) is 7.42. The van der Waals surface area contributed by atoms with Gasteiger partial charge in [0.15, 0.2) is 0 Å². The van der Waals surface area contributed by atoms with Gasteiger partial charge in [0.2, 0.25) is 5.91 Å². The van der Waals surface area contributed by atoms with Gasteiger partial charge in [-0.2, -0.15) is 0 Å². The fraction of sp³-hybridized carbons (Fsp3) is 0.588. The number of nitrogens with two attached hydrogens (primary N) is 1. The number of carbonyl (C=O) groups excluding carboxylic acids is 1. The van der Waals surface area contributed by atoms with Gasteiger partial charge in [-0.1, -0.05) is 38.8 Å². The van der Waals surface area contributed by atoms with Crippen molar-refractivity contribution >= 4 is 11.6 Å². The molecule has 110 valence electrons. The molecule has 0 aliphatic heterocycles. The predicted molar refractivity (Wildman–Crippen MR) is 83.3 cm³/mol. The van der Waals surface area contributed by atoms with Crippen LogP contribution in [-0.4, -0.2) is 11.9 Å². The lowest BCUT2D eigenvalue weighted by atomic mass is 9.78. The van der Waals surface area contributed by atoms with E-state index < -0.39 is 0 Å². The van der Waals surface area contributed by atoms with E-state index >= 15 is 0 Å². The molecule has 20 heavy (non-hydrogen) atoms. The summed E-state index contributed by atoms with van der Waals surface area (Å²) >= 11 is 0. The Morgan fingerprint density at radius 1 is 1.25 bits per heavy atom. The number of hydrogen-bond donors (Lipinski definition) is 2. The van der Waals surface area contributed by atoms with E-state index in [1.807, 2.05) is 24.3 Å². The summed E-state index contributed by atoms with van der Waals surface area (Å²) in [5, 5.41) is 3.24. The Kier molecular flexibility index (Phi) is 5.05. The van der Waals surface area contributed by atoms with Crippen molar-refractivity contribution in [3.8, 4) is 0 Å². The molecule has 2 rings (SSSR count). The van der Waals surface area contributed by atoms with E-state index in [0.717, 1.165) is 17.7 Å². The zero-order valence-electron chi connectivity index (χ0n) is 12.6. The third kappa shape index (κ3) is 3.99. The molecule has 0 bridgehead atoms. The van der Waals surface area contributed by atoms with E-state index in [4.69, 9.17) is 5.73 Å². The highest BCUT2D eigenvalue weighted by molar-refractivity contribution is 5.79. The number of rotatable bonds is 4. The highest BCUT2D eigenvalue weighted by Gasteiger charge is 2.28. The van der Waals surface area contributed by atoms with Gasteiger partial charge in [0.25, 0.3) is 0 Å². The first kappa shape index (κ1) is 14.9. The zero-order valence-corrected chi connectivity index (χ0v) is 12.6. The molecule has 0 heterocycles. The summed E-state index contributed by atoms with van der Waals surface area (Å²) in [5.74, 6) is 1.39. The van der Waals surface area contributed by atoms with E-state index in [2.05, 4.69) is 19.2 Å². The van der Waals surface area contributed by atoms with Gasteiger partial charge in [0, 0.05) is 11.7 Å². The SMILES string of the molecule is CC(C)C1CCCCC1NC(=O)Cc1ccc(N)cc1. The Balaban J connectivity index is 1.91. The molecule has 0 radical (unpaired) electrons. The molecule has 1 aromatic carbocycles. The molecular formula is C17H26N2O. The molecule has 1 aliphatic rings. The third-order valence-corrected chi connectivity index (χ3v) is 4.37. The van der Waals surface area contributed by atoms with Crippen molar-refractivity contribution in [2.75, 3.05) is 5.73 Å². The Morgan fingerprint density at radius 2 is 1.90 bits per heavy atom. The highest BCUT2D eigenvalue weighted by Crippen LogP contribution is 2.30. The van der Waals surface area contributed by atoms with Crippen molar-refractivity contribution < 1.29 is 4.79 Å². The van der Waals surface area contributed by atoms with E-state index in [1.165, 1.54) is 19.3 Å². The van der Waals surface area contributed by atoms with Crippen molar-refractivity contribution in [1.82, 2.24) is 5.32 Å². The van der Waals surface area contributed by atoms with Crippen molar-refractivity contribution in [1.29, 1.82) is 0 Å². The predicted octanol–water partition coefficient (Wildman–Crippen LogP) is 3.14. The molecule has 2 unspecified atom stereocenters. The van der Waals surface area contributed by atoms with Gasteiger partial charge in [0.05, 0.1) is 6.42 Å². The number of hydrogen-bond acceptors (Lipinski definition) is 2. The van der Waals surface area contributed by atoms with E-state index in [1.54, 1.807) is 0 Å². The molecule has 1 aromatic rings. The molecule has 3 nitrogen and oxygen atoms in total. The van der Waals surface area contributed by atoms with Crippen LogP contribution in [0.25, 0.3) is 0 Å². The van der Waals surface area contributed by atoms with Crippen molar-refractivity contribution in [3.05, 3.63) is 29.8 Å². The van der Waals surface area contributed by atoms with Gasteiger partial charge in [-0.05, 0) is 42.4 Å². The molecule has 1 saturated carbocycles. The maximum Gasteiger partial charge on any atom is 0.224 e. The maximum atomic E-state index is 12.2. The second-order valence-corrected chi connectivity index (χ2v) is 6.28. The fourth-order valence-electron chi connectivity index (χ4n) is 3.22.